The summed E-state index contributed by atoms with van der Waals surface area (Å²) in [5.74, 6) is -1.42. The maximum absolute atomic E-state index is 13.9. The van der Waals surface area contributed by atoms with Crippen LogP contribution < -0.4 is 20.7 Å². The number of ether oxygens (including phenoxy) is 1. The Bertz CT molecular complexity index is 1200. The lowest BCUT2D eigenvalue weighted by Gasteiger charge is -2.18. The average molecular weight is 467 g/mol. The SMILES string of the molecule is CC(NC(=S)Nc1ccc(NC(=O)c2ccccc2F)c(OCC#N)c1)c1ccc(F)cc1. The van der Waals surface area contributed by atoms with E-state index in [0.29, 0.717) is 10.8 Å². The number of nitrogens with zero attached hydrogens (tertiary/aromatic N) is 1. The maximum atomic E-state index is 13.9. The lowest BCUT2D eigenvalue weighted by Crippen LogP contribution is -2.30. The van der Waals surface area contributed by atoms with Crippen LogP contribution in [0.5, 0.6) is 5.75 Å². The summed E-state index contributed by atoms with van der Waals surface area (Å²) in [5.41, 5.74) is 1.54. The number of amides is 1. The average Bonchev–Trinajstić information content (AvgIpc) is 2.79. The van der Waals surface area contributed by atoms with Gasteiger partial charge in [0, 0.05) is 11.8 Å². The zero-order valence-corrected chi connectivity index (χ0v) is 18.4. The number of thiocarbonyl (C=S) groups is 1. The molecule has 0 bridgehead atoms. The Morgan fingerprint density at radius 3 is 2.52 bits per heavy atom. The van der Waals surface area contributed by atoms with Crippen molar-refractivity contribution in [3.63, 3.8) is 0 Å². The van der Waals surface area contributed by atoms with E-state index in [2.05, 4.69) is 16.0 Å². The van der Waals surface area contributed by atoms with Crippen molar-refractivity contribution >= 4 is 34.6 Å². The highest BCUT2D eigenvalue weighted by Gasteiger charge is 2.15. The van der Waals surface area contributed by atoms with Crippen LogP contribution in [0.2, 0.25) is 0 Å². The molecule has 0 heterocycles. The van der Waals surface area contributed by atoms with Crippen LogP contribution in [0.4, 0.5) is 20.2 Å². The predicted molar refractivity (Wildman–Crippen MR) is 126 cm³/mol. The van der Waals surface area contributed by atoms with E-state index in [1.54, 1.807) is 36.4 Å². The summed E-state index contributed by atoms with van der Waals surface area (Å²) in [6.07, 6.45) is 0. The largest absolute Gasteiger partial charge is 0.476 e. The fraction of sp³-hybridized carbons (Fsp3) is 0.125. The Morgan fingerprint density at radius 1 is 1.09 bits per heavy atom. The van der Waals surface area contributed by atoms with Crippen molar-refractivity contribution in [2.24, 2.45) is 0 Å². The molecule has 0 saturated carbocycles. The highest BCUT2D eigenvalue weighted by molar-refractivity contribution is 7.80. The standard InChI is InChI=1S/C24H20F2N4O2S/c1-15(16-6-8-17(25)9-7-16)28-24(33)29-18-10-11-21(22(14-18)32-13-12-27)30-23(31)19-4-2-3-5-20(19)26/h2-11,14-15H,13H2,1H3,(H,30,31)(H2,28,29,33). The van der Waals surface area contributed by atoms with E-state index < -0.39 is 11.7 Å². The van der Waals surface area contributed by atoms with Gasteiger partial charge < -0.3 is 20.7 Å². The smallest absolute Gasteiger partial charge is 0.258 e. The van der Waals surface area contributed by atoms with Crippen molar-refractivity contribution in [1.29, 1.82) is 5.26 Å². The molecule has 0 radical (unpaired) electrons. The van der Waals surface area contributed by atoms with Crippen molar-refractivity contribution in [3.8, 4) is 11.8 Å². The lowest BCUT2D eigenvalue weighted by atomic mass is 10.1. The first-order valence-electron chi connectivity index (χ1n) is 9.90. The van der Waals surface area contributed by atoms with Crippen LogP contribution in [0, 0.1) is 23.0 Å². The van der Waals surface area contributed by atoms with E-state index in [9.17, 15) is 13.6 Å². The van der Waals surface area contributed by atoms with Gasteiger partial charge in [0.1, 0.15) is 23.5 Å². The minimum absolute atomic E-state index is 0.119. The molecule has 0 aliphatic rings. The number of halogens is 2. The number of carbonyl (C=O) groups excluding carboxylic acids is 1. The molecule has 3 aromatic rings. The second-order valence-electron chi connectivity index (χ2n) is 6.96. The highest BCUT2D eigenvalue weighted by atomic mass is 32.1. The van der Waals surface area contributed by atoms with Crippen LogP contribution in [-0.2, 0) is 0 Å². The van der Waals surface area contributed by atoms with Gasteiger partial charge in [0.15, 0.2) is 11.7 Å². The fourth-order valence-corrected chi connectivity index (χ4v) is 3.26. The Labute approximate surface area is 195 Å². The molecule has 1 atom stereocenters. The first-order chi connectivity index (χ1) is 15.9. The van der Waals surface area contributed by atoms with Gasteiger partial charge in [-0.05, 0) is 61.1 Å². The van der Waals surface area contributed by atoms with E-state index in [1.807, 2.05) is 13.0 Å². The quantitative estimate of drug-likeness (QED) is 0.417. The van der Waals surface area contributed by atoms with Gasteiger partial charge in [-0.25, -0.2) is 8.78 Å². The number of anilines is 2. The lowest BCUT2D eigenvalue weighted by molar-refractivity contribution is 0.102. The number of hydrogen-bond donors (Lipinski definition) is 3. The molecule has 6 nitrogen and oxygen atoms in total. The molecule has 168 valence electrons. The number of carbonyl (C=O) groups is 1. The summed E-state index contributed by atoms with van der Waals surface area (Å²) in [7, 11) is 0. The van der Waals surface area contributed by atoms with Crippen molar-refractivity contribution < 1.29 is 18.3 Å². The van der Waals surface area contributed by atoms with E-state index in [1.165, 1.54) is 30.3 Å². The van der Waals surface area contributed by atoms with Gasteiger partial charge in [-0.1, -0.05) is 24.3 Å². The van der Waals surface area contributed by atoms with Crippen LogP contribution in [0.15, 0.2) is 66.7 Å². The van der Waals surface area contributed by atoms with Crippen LogP contribution >= 0.6 is 12.2 Å². The number of benzene rings is 3. The third-order valence-corrected chi connectivity index (χ3v) is 4.84. The van der Waals surface area contributed by atoms with Gasteiger partial charge in [-0.2, -0.15) is 5.26 Å². The third kappa shape index (κ3) is 6.48. The van der Waals surface area contributed by atoms with Gasteiger partial charge in [-0.15, -0.1) is 0 Å². The van der Waals surface area contributed by atoms with Crippen molar-refractivity contribution in [2.45, 2.75) is 13.0 Å². The molecule has 0 aliphatic heterocycles. The zero-order chi connectivity index (χ0) is 23.8. The van der Waals surface area contributed by atoms with Gasteiger partial charge in [0.05, 0.1) is 17.3 Å². The molecule has 3 N–H and O–H groups in total. The first kappa shape index (κ1) is 23.6. The second-order valence-corrected chi connectivity index (χ2v) is 7.37. The van der Waals surface area contributed by atoms with Crippen LogP contribution in [-0.4, -0.2) is 17.6 Å². The van der Waals surface area contributed by atoms with Crippen LogP contribution in [0.25, 0.3) is 0 Å². The molecule has 9 heteroatoms. The normalized spacial score (nSPS) is 11.1. The molecule has 33 heavy (non-hydrogen) atoms. The van der Waals surface area contributed by atoms with Crippen molar-refractivity contribution in [3.05, 3.63) is 89.5 Å². The second kappa shape index (κ2) is 11.0. The number of rotatable bonds is 7. The number of nitriles is 1. The first-order valence-corrected chi connectivity index (χ1v) is 10.3. The molecular weight excluding hydrogens is 446 g/mol. The van der Waals surface area contributed by atoms with Crippen LogP contribution in [0.1, 0.15) is 28.9 Å². The Balaban J connectivity index is 1.72. The minimum atomic E-state index is -0.653. The maximum Gasteiger partial charge on any atom is 0.258 e. The van der Waals surface area contributed by atoms with E-state index >= 15 is 0 Å². The molecule has 0 saturated heterocycles. The molecule has 0 fully saturated rings. The number of hydrogen-bond acceptors (Lipinski definition) is 4. The van der Waals surface area contributed by atoms with Gasteiger partial charge in [-0.3, -0.25) is 4.79 Å². The van der Waals surface area contributed by atoms with Crippen molar-refractivity contribution in [2.75, 3.05) is 17.2 Å². The Hall–Kier alpha value is -4.03. The van der Waals surface area contributed by atoms with Crippen molar-refractivity contribution in [1.82, 2.24) is 5.32 Å². The molecule has 0 aromatic heterocycles. The fourth-order valence-electron chi connectivity index (χ4n) is 2.97. The molecule has 3 rings (SSSR count). The minimum Gasteiger partial charge on any atom is -0.476 e. The Morgan fingerprint density at radius 2 is 1.82 bits per heavy atom. The molecule has 1 unspecified atom stereocenters. The summed E-state index contributed by atoms with van der Waals surface area (Å²) in [6, 6.07) is 18.1. The predicted octanol–water partition coefficient (Wildman–Crippen LogP) is 5.17. The highest BCUT2D eigenvalue weighted by Crippen LogP contribution is 2.29. The van der Waals surface area contributed by atoms with E-state index in [0.717, 1.165) is 5.56 Å². The molecule has 0 aliphatic carbocycles. The molecule has 1 amide bonds. The van der Waals surface area contributed by atoms with Gasteiger partial charge in [0.25, 0.3) is 5.91 Å². The van der Waals surface area contributed by atoms with Crippen LogP contribution in [0.3, 0.4) is 0 Å². The molecule has 3 aromatic carbocycles. The summed E-state index contributed by atoms with van der Waals surface area (Å²) in [4.78, 5) is 12.5. The summed E-state index contributed by atoms with van der Waals surface area (Å²) in [5, 5.41) is 17.9. The third-order valence-electron chi connectivity index (χ3n) is 4.62. The molecule has 0 spiro atoms. The van der Waals surface area contributed by atoms with E-state index in [-0.39, 0.29) is 35.5 Å². The van der Waals surface area contributed by atoms with E-state index in [4.69, 9.17) is 22.2 Å². The Kier molecular flexibility index (Phi) is 7.89. The monoisotopic (exact) mass is 466 g/mol. The van der Waals surface area contributed by atoms with Gasteiger partial charge >= 0.3 is 0 Å². The topological polar surface area (TPSA) is 86.2 Å². The van der Waals surface area contributed by atoms with Gasteiger partial charge in [0.2, 0.25) is 0 Å². The zero-order valence-electron chi connectivity index (χ0n) is 17.6. The number of nitrogens with one attached hydrogen (secondary N) is 3. The summed E-state index contributed by atoms with van der Waals surface area (Å²) >= 11 is 5.35. The summed E-state index contributed by atoms with van der Waals surface area (Å²) < 4.78 is 32.5. The molecular formula is C24H20F2N4O2S. The summed E-state index contributed by atoms with van der Waals surface area (Å²) in [6.45, 7) is 1.63.